The van der Waals surface area contributed by atoms with Crippen LogP contribution in [0.5, 0.6) is 11.5 Å². The van der Waals surface area contributed by atoms with Crippen molar-refractivity contribution in [2.24, 2.45) is 5.41 Å². The molecule has 0 atom stereocenters. The molecule has 1 aliphatic rings. The minimum atomic E-state index is -0.945. The summed E-state index contributed by atoms with van der Waals surface area (Å²) in [6.45, 7) is 6.51. The third-order valence-electron chi connectivity index (χ3n) is 3.77. The molecular formula is C19H22O4. The Morgan fingerprint density at radius 3 is 2.78 bits per heavy atom. The predicted molar refractivity (Wildman–Crippen MR) is 90.8 cm³/mol. The third kappa shape index (κ3) is 4.25. The van der Waals surface area contributed by atoms with Crippen LogP contribution in [0.2, 0.25) is 0 Å². The van der Waals surface area contributed by atoms with E-state index >= 15 is 0 Å². The first-order chi connectivity index (χ1) is 10.8. The normalized spacial score (nSPS) is 17.0. The fourth-order valence-electron chi connectivity index (χ4n) is 2.34. The van der Waals surface area contributed by atoms with Crippen molar-refractivity contribution < 1.29 is 19.4 Å². The summed E-state index contributed by atoms with van der Waals surface area (Å²) < 4.78 is 11.2. The molecule has 0 unspecified atom stereocenters. The fourth-order valence-corrected chi connectivity index (χ4v) is 2.34. The van der Waals surface area contributed by atoms with Gasteiger partial charge in [0.1, 0.15) is 11.5 Å². The summed E-state index contributed by atoms with van der Waals surface area (Å²) in [7, 11) is 1.63. The molecule has 4 heteroatoms. The smallest absolute Gasteiger partial charge is 0.328 e. The van der Waals surface area contributed by atoms with Crippen LogP contribution in [0.15, 0.2) is 47.6 Å². The van der Waals surface area contributed by atoms with Gasteiger partial charge in [-0.3, -0.25) is 0 Å². The molecule has 1 N–H and O–H groups in total. The Morgan fingerprint density at radius 2 is 2.13 bits per heavy atom. The summed E-state index contributed by atoms with van der Waals surface area (Å²) in [6.07, 6.45) is 7.02. The maximum absolute atomic E-state index is 10.7. The number of ether oxygens (including phenoxy) is 2. The molecule has 2 rings (SSSR count). The third-order valence-corrected chi connectivity index (χ3v) is 3.77. The van der Waals surface area contributed by atoms with Gasteiger partial charge in [0.15, 0.2) is 0 Å². The molecule has 0 fully saturated rings. The Balaban J connectivity index is 2.42. The molecule has 1 aromatic carbocycles. The maximum Gasteiger partial charge on any atom is 0.328 e. The average molecular weight is 314 g/mol. The van der Waals surface area contributed by atoms with Gasteiger partial charge in [0.2, 0.25) is 0 Å². The van der Waals surface area contributed by atoms with E-state index in [2.05, 4.69) is 19.9 Å². The van der Waals surface area contributed by atoms with Crippen LogP contribution in [0.4, 0.5) is 0 Å². The van der Waals surface area contributed by atoms with Gasteiger partial charge >= 0.3 is 5.97 Å². The SMILES string of the molecule is COc1ccc2c(c1)C=C(/C=C/C(C)=C\C(=O)O)C(C)(C)CO2. The molecule has 23 heavy (non-hydrogen) atoms. The first-order valence-electron chi connectivity index (χ1n) is 7.44. The van der Waals surface area contributed by atoms with E-state index in [1.165, 1.54) is 6.08 Å². The minimum absolute atomic E-state index is 0.188. The van der Waals surface area contributed by atoms with Gasteiger partial charge in [-0.05, 0) is 42.3 Å². The van der Waals surface area contributed by atoms with E-state index in [0.29, 0.717) is 12.2 Å². The number of hydrogen-bond acceptors (Lipinski definition) is 3. The zero-order valence-corrected chi connectivity index (χ0v) is 13.9. The Labute approximate surface area is 136 Å². The number of carbonyl (C=O) groups is 1. The average Bonchev–Trinajstić information content (AvgIpc) is 2.60. The van der Waals surface area contributed by atoms with E-state index < -0.39 is 5.97 Å². The molecule has 1 aliphatic heterocycles. The summed E-state index contributed by atoms with van der Waals surface area (Å²) in [5.41, 5.74) is 2.52. The second-order valence-corrected chi connectivity index (χ2v) is 6.24. The molecule has 0 saturated heterocycles. The highest BCUT2D eigenvalue weighted by atomic mass is 16.5. The van der Waals surface area contributed by atoms with Crippen molar-refractivity contribution in [3.63, 3.8) is 0 Å². The van der Waals surface area contributed by atoms with Gasteiger partial charge in [-0.1, -0.05) is 26.0 Å². The van der Waals surface area contributed by atoms with E-state index in [9.17, 15) is 4.79 Å². The molecule has 122 valence electrons. The molecule has 0 aliphatic carbocycles. The Bertz CT molecular complexity index is 693. The highest BCUT2D eigenvalue weighted by molar-refractivity contribution is 5.81. The van der Waals surface area contributed by atoms with Crippen molar-refractivity contribution >= 4 is 12.0 Å². The summed E-state index contributed by atoms with van der Waals surface area (Å²) in [6, 6.07) is 5.72. The lowest BCUT2D eigenvalue weighted by Gasteiger charge is -2.24. The zero-order valence-electron chi connectivity index (χ0n) is 13.9. The Morgan fingerprint density at radius 1 is 1.39 bits per heavy atom. The van der Waals surface area contributed by atoms with Crippen LogP contribution in [-0.2, 0) is 4.79 Å². The number of aliphatic carboxylic acids is 1. The molecule has 0 saturated carbocycles. The number of allylic oxidation sites excluding steroid dienone is 3. The molecule has 1 aromatic rings. The zero-order chi connectivity index (χ0) is 17.0. The number of benzene rings is 1. The van der Waals surface area contributed by atoms with Crippen molar-refractivity contribution in [2.75, 3.05) is 13.7 Å². The second kappa shape index (κ2) is 6.73. The molecule has 1 heterocycles. The standard InChI is InChI=1S/C19H22O4/c1-13(9-18(20)21)5-6-15-10-14-11-16(22-4)7-8-17(14)23-12-19(15,2)3/h5-11H,12H2,1-4H3,(H,20,21)/b6-5+,13-9-. The lowest BCUT2D eigenvalue weighted by Crippen LogP contribution is -2.21. The summed E-state index contributed by atoms with van der Waals surface area (Å²) in [5, 5.41) is 8.80. The highest BCUT2D eigenvalue weighted by Gasteiger charge is 2.26. The molecule has 0 aromatic heterocycles. The van der Waals surface area contributed by atoms with Gasteiger partial charge in [-0.2, -0.15) is 0 Å². The van der Waals surface area contributed by atoms with E-state index in [1.54, 1.807) is 14.0 Å². The monoisotopic (exact) mass is 314 g/mol. The molecular weight excluding hydrogens is 292 g/mol. The number of methoxy groups -OCH3 is 1. The minimum Gasteiger partial charge on any atom is -0.497 e. The van der Waals surface area contributed by atoms with Crippen LogP contribution in [0.1, 0.15) is 26.3 Å². The number of fused-ring (bicyclic) bond motifs is 1. The van der Waals surface area contributed by atoms with Crippen LogP contribution in [0.3, 0.4) is 0 Å². The number of hydrogen-bond donors (Lipinski definition) is 1. The van der Waals surface area contributed by atoms with E-state index in [0.717, 1.165) is 22.6 Å². The first kappa shape index (κ1) is 16.9. The van der Waals surface area contributed by atoms with Gasteiger partial charge in [0, 0.05) is 17.1 Å². The molecule has 4 nitrogen and oxygen atoms in total. The van der Waals surface area contributed by atoms with Crippen molar-refractivity contribution in [3.8, 4) is 11.5 Å². The van der Waals surface area contributed by atoms with Crippen molar-refractivity contribution in [1.29, 1.82) is 0 Å². The predicted octanol–water partition coefficient (Wildman–Crippen LogP) is 4.08. The largest absolute Gasteiger partial charge is 0.497 e. The van der Waals surface area contributed by atoms with Crippen molar-refractivity contribution in [1.82, 2.24) is 0 Å². The highest BCUT2D eigenvalue weighted by Crippen LogP contribution is 2.37. The van der Waals surface area contributed by atoms with Gasteiger partial charge in [-0.15, -0.1) is 0 Å². The second-order valence-electron chi connectivity index (χ2n) is 6.24. The van der Waals surface area contributed by atoms with Crippen LogP contribution in [0, 0.1) is 5.41 Å². The van der Waals surface area contributed by atoms with E-state index in [-0.39, 0.29) is 5.41 Å². The Hall–Kier alpha value is -2.49. The van der Waals surface area contributed by atoms with Crippen molar-refractivity contribution in [2.45, 2.75) is 20.8 Å². The fraction of sp³-hybridized carbons (Fsp3) is 0.316. The summed E-state index contributed by atoms with van der Waals surface area (Å²) in [5.74, 6) is 0.647. The Kier molecular flexibility index (Phi) is 4.94. The van der Waals surface area contributed by atoms with Crippen LogP contribution >= 0.6 is 0 Å². The van der Waals surface area contributed by atoms with E-state index in [4.69, 9.17) is 14.6 Å². The quantitative estimate of drug-likeness (QED) is 0.672. The van der Waals surface area contributed by atoms with Gasteiger partial charge in [0.25, 0.3) is 0 Å². The first-order valence-corrected chi connectivity index (χ1v) is 7.44. The maximum atomic E-state index is 10.7. The number of rotatable bonds is 4. The number of carboxylic acids is 1. The van der Waals surface area contributed by atoms with Crippen LogP contribution in [0.25, 0.3) is 6.08 Å². The molecule has 0 amide bonds. The molecule has 0 spiro atoms. The van der Waals surface area contributed by atoms with E-state index in [1.807, 2.05) is 30.4 Å². The topological polar surface area (TPSA) is 55.8 Å². The van der Waals surface area contributed by atoms with Gasteiger partial charge in [-0.25, -0.2) is 4.79 Å². The van der Waals surface area contributed by atoms with Gasteiger partial charge in [0.05, 0.1) is 13.7 Å². The van der Waals surface area contributed by atoms with Crippen molar-refractivity contribution in [3.05, 3.63) is 53.1 Å². The van der Waals surface area contributed by atoms with Gasteiger partial charge < -0.3 is 14.6 Å². The summed E-state index contributed by atoms with van der Waals surface area (Å²) >= 11 is 0. The lowest BCUT2D eigenvalue weighted by molar-refractivity contribution is -0.131. The van der Waals surface area contributed by atoms with Crippen LogP contribution in [-0.4, -0.2) is 24.8 Å². The summed E-state index contributed by atoms with van der Waals surface area (Å²) in [4.78, 5) is 10.7. The lowest BCUT2D eigenvalue weighted by atomic mass is 9.84. The molecule has 0 bridgehead atoms. The molecule has 0 radical (unpaired) electrons. The number of carboxylic acid groups (broad SMARTS) is 1. The van der Waals surface area contributed by atoms with Crippen LogP contribution < -0.4 is 9.47 Å².